The van der Waals surface area contributed by atoms with Gasteiger partial charge >= 0.3 is 5.97 Å². The topological polar surface area (TPSA) is 221 Å². The number of fused-ring (bicyclic) bond motifs is 1. The van der Waals surface area contributed by atoms with Gasteiger partial charge in [-0.05, 0) is 0 Å². The molecule has 5 unspecified atom stereocenters. The highest BCUT2D eigenvalue weighted by Crippen LogP contribution is 2.32. The molecule has 1 fully saturated rings. The predicted octanol–water partition coefficient (Wildman–Crippen LogP) is -2.61. The quantitative estimate of drug-likeness (QED) is 0.178. The van der Waals surface area contributed by atoms with Gasteiger partial charge in [0.05, 0.1) is 24.3 Å². The van der Waals surface area contributed by atoms with Gasteiger partial charge in [-0.15, -0.1) is 11.8 Å². The molecule has 0 spiro atoms. The van der Waals surface area contributed by atoms with Crippen LogP contribution in [-0.2, 0) is 19.1 Å². The molecule has 8 N–H and O–H groups in total. The van der Waals surface area contributed by atoms with Crippen molar-refractivity contribution >= 4 is 46.5 Å². The third-order valence-electron chi connectivity index (χ3n) is 4.54. The SMILES string of the molecule is CC(=O)NCSCC(N)C(=O)NC1C(C(=O)O)OC(n2cnc3c(N)ncnc32)C1O. The number of imidazole rings is 1. The van der Waals surface area contributed by atoms with Crippen LogP contribution in [0.2, 0.25) is 0 Å². The van der Waals surface area contributed by atoms with Gasteiger partial charge < -0.3 is 37.1 Å². The van der Waals surface area contributed by atoms with Crippen LogP contribution in [0.1, 0.15) is 13.2 Å². The van der Waals surface area contributed by atoms with E-state index in [-0.39, 0.29) is 34.5 Å². The van der Waals surface area contributed by atoms with Gasteiger partial charge in [-0.2, -0.15) is 0 Å². The van der Waals surface area contributed by atoms with E-state index in [1.165, 1.54) is 35.9 Å². The van der Waals surface area contributed by atoms with Crippen molar-refractivity contribution in [2.24, 2.45) is 5.73 Å². The lowest BCUT2D eigenvalue weighted by Gasteiger charge is -2.22. The second-order valence-electron chi connectivity index (χ2n) is 6.75. The molecular weight excluding hydrogens is 432 g/mol. The number of nitrogens with two attached hydrogens (primary N) is 2. The first-order valence-electron chi connectivity index (χ1n) is 9.08. The van der Waals surface area contributed by atoms with Crippen LogP contribution in [0.4, 0.5) is 5.82 Å². The van der Waals surface area contributed by atoms with E-state index in [0.717, 1.165) is 0 Å². The molecule has 0 aliphatic carbocycles. The number of aliphatic carboxylic acids is 1. The molecule has 5 atom stereocenters. The van der Waals surface area contributed by atoms with Crippen molar-refractivity contribution in [1.82, 2.24) is 30.2 Å². The second kappa shape index (κ2) is 9.42. The summed E-state index contributed by atoms with van der Waals surface area (Å²) in [5, 5.41) is 25.3. The number of aromatic nitrogens is 4. The number of amides is 2. The van der Waals surface area contributed by atoms with E-state index in [1.807, 2.05) is 0 Å². The highest BCUT2D eigenvalue weighted by atomic mass is 32.2. The third kappa shape index (κ3) is 4.84. The van der Waals surface area contributed by atoms with Gasteiger partial charge in [0.2, 0.25) is 11.8 Å². The van der Waals surface area contributed by atoms with Gasteiger partial charge in [0, 0.05) is 12.7 Å². The number of anilines is 1. The standard InChI is InChI=1S/C16H22N8O6S/c1-6(25)22-5-31-2-7(17)14(27)23-8-10(26)15(30-11(8)16(28)29)24-4-21-9-12(18)19-3-20-13(9)24/h3-4,7-8,10-11,15,26H,2,5,17H2,1H3,(H,22,25)(H,23,27)(H,28,29)(H2,18,19,20). The van der Waals surface area contributed by atoms with Crippen LogP contribution < -0.4 is 22.1 Å². The molecule has 0 saturated carbocycles. The van der Waals surface area contributed by atoms with Crippen LogP contribution in [0.3, 0.4) is 0 Å². The van der Waals surface area contributed by atoms with Crippen molar-refractivity contribution in [2.45, 2.75) is 37.4 Å². The molecule has 15 heteroatoms. The number of nitrogens with zero attached hydrogens (tertiary/aromatic N) is 4. The number of aliphatic hydroxyl groups excluding tert-OH is 1. The molecule has 1 aliphatic rings. The Labute approximate surface area is 179 Å². The minimum Gasteiger partial charge on any atom is -0.479 e. The number of aliphatic hydroxyl groups is 1. The lowest BCUT2D eigenvalue weighted by Crippen LogP contribution is -2.54. The zero-order valence-corrected chi connectivity index (χ0v) is 17.2. The molecule has 1 saturated heterocycles. The summed E-state index contributed by atoms with van der Waals surface area (Å²) in [6.45, 7) is 1.36. The first kappa shape index (κ1) is 22.7. The summed E-state index contributed by atoms with van der Waals surface area (Å²) in [5.41, 5.74) is 12.1. The Morgan fingerprint density at radius 2 is 2.10 bits per heavy atom. The zero-order valence-electron chi connectivity index (χ0n) is 16.3. The van der Waals surface area contributed by atoms with Crippen molar-refractivity contribution in [1.29, 1.82) is 0 Å². The number of carbonyl (C=O) groups is 3. The van der Waals surface area contributed by atoms with Gasteiger partial charge in [0.15, 0.2) is 23.8 Å². The predicted molar refractivity (Wildman–Crippen MR) is 108 cm³/mol. The maximum Gasteiger partial charge on any atom is 0.335 e. The first-order valence-corrected chi connectivity index (χ1v) is 10.2. The van der Waals surface area contributed by atoms with E-state index >= 15 is 0 Å². The van der Waals surface area contributed by atoms with Gasteiger partial charge in [-0.3, -0.25) is 14.2 Å². The summed E-state index contributed by atoms with van der Waals surface area (Å²) >= 11 is 1.22. The number of carboxylic acids is 1. The molecule has 0 aromatic carbocycles. The van der Waals surface area contributed by atoms with Crippen LogP contribution in [-0.4, -0.2) is 83.4 Å². The number of nitrogens with one attached hydrogen (secondary N) is 2. The first-order chi connectivity index (χ1) is 14.7. The van der Waals surface area contributed by atoms with Crippen molar-refractivity contribution in [3.8, 4) is 0 Å². The van der Waals surface area contributed by atoms with E-state index in [2.05, 4.69) is 25.6 Å². The fourth-order valence-corrected chi connectivity index (χ4v) is 3.85. The molecular formula is C16H22N8O6S. The zero-order chi connectivity index (χ0) is 22.7. The molecule has 168 valence electrons. The number of ether oxygens (including phenoxy) is 1. The largest absolute Gasteiger partial charge is 0.479 e. The van der Waals surface area contributed by atoms with Crippen LogP contribution in [0, 0.1) is 0 Å². The molecule has 2 aromatic heterocycles. The summed E-state index contributed by atoms with van der Waals surface area (Å²) in [7, 11) is 0. The van der Waals surface area contributed by atoms with E-state index < -0.39 is 42.4 Å². The molecule has 3 rings (SSSR count). The Hall–Kier alpha value is -3.01. The molecule has 1 aliphatic heterocycles. The molecule has 2 aromatic rings. The fraction of sp³-hybridized carbons (Fsp3) is 0.500. The third-order valence-corrected chi connectivity index (χ3v) is 5.49. The highest BCUT2D eigenvalue weighted by Gasteiger charge is 2.49. The van der Waals surface area contributed by atoms with E-state index in [9.17, 15) is 24.6 Å². The van der Waals surface area contributed by atoms with Gasteiger partial charge in [0.25, 0.3) is 0 Å². The molecule has 31 heavy (non-hydrogen) atoms. The molecule has 0 bridgehead atoms. The van der Waals surface area contributed by atoms with E-state index in [1.54, 1.807) is 0 Å². The molecule has 14 nitrogen and oxygen atoms in total. The number of rotatable bonds is 8. The van der Waals surface area contributed by atoms with Crippen molar-refractivity contribution in [3.05, 3.63) is 12.7 Å². The summed E-state index contributed by atoms with van der Waals surface area (Å²) in [6.07, 6.45) is -1.70. The van der Waals surface area contributed by atoms with Crippen LogP contribution in [0.25, 0.3) is 11.2 Å². The maximum absolute atomic E-state index is 12.4. The minimum absolute atomic E-state index is 0.110. The van der Waals surface area contributed by atoms with Crippen LogP contribution in [0.15, 0.2) is 12.7 Å². The fourth-order valence-electron chi connectivity index (χ4n) is 3.02. The van der Waals surface area contributed by atoms with Crippen molar-refractivity contribution in [2.75, 3.05) is 17.4 Å². The average molecular weight is 454 g/mol. The van der Waals surface area contributed by atoms with Gasteiger partial charge in [0.1, 0.15) is 17.9 Å². The van der Waals surface area contributed by atoms with Crippen LogP contribution >= 0.6 is 11.8 Å². The Morgan fingerprint density at radius 1 is 1.35 bits per heavy atom. The van der Waals surface area contributed by atoms with Gasteiger partial charge in [-0.1, -0.05) is 0 Å². The highest BCUT2D eigenvalue weighted by molar-refractivity contribution is 7.99. The Morgan fingerprint density at radius 3 is 2.77 bits per heavy atom. The Kier molecular flexibility index (Phi) is 6.89. The van der Waals surface area contributed by atoms with Crippen molar-refractivity contribution < 1.29 is 29.3 Å². The monoisotopic (exact) mass is 454 g/mol. The Balaban J connectivity index is 1.72. The summed E-state index contributed by atoms with van der Waals surface area (Å²) in [6, 6.07) is -2.28. The molecule has 2 amide bonds. The number of nitrogen functional groups attached to an aromatic ring is 1. The Bertz CT molecular complexity index is 986. The van der Waals surface area contributed by atoms with E-state index in [0.29, 0.717) is 0 Å². The summed E-state index contributed by atoms with van der Waals surface area (Å²) in [5.74, 6) is -1.72. The number of carboxylic acid groups (broad SMARTS) is 1. The van der Waals surface area contributed by atoms with Gasteiger partial charge in [-0.25, -0.2) is 19.7 Å². The molecule has 0 radical (unpaired) electrons. The summed E-state index contributed by atoms with van der Waals surface area (Å²) in [4.78, 5) is 46.9. The second-order valence-corrected chi connectivity index (χ2v) is 7.78. The lowest BCUT2D eigenvalue weighted by molar-refractivity contribution is -0.152. The number of thioether (sulfide) groups is 1. The number of hydrogen-bond donors (Lipinski definition) is 6. The smallest absolute Gasteiger partial charge is 0.335 e. The number of carbonyl (C=O) groups excluding carboxylic acids is 2. The maximum atomic E-state index is 12.4. The van der Waals surface area contributed by atoms with E-state index in [4.69, 9.17) is 16.2 Å². The minimum atomic E-state index is -1.54. The van der Waals surface area contributed by atoms with Crippen LogP contribution in [0.5, 0.6) is 0 Å². The normalized spacial score (nSPS) is 24.1. The van der Waals surface area contributed by atoms with Crippen molar-refractivity contribution in [3.63, 3.8) is 0 Å². The lowest BCUT2D eigenvalue weighted by atomic mass is 10.1. The average Bonchev–Trinajstić information content (AvgIpc) is 3.27. The molecule has 3 heterocycles. The number of hydrogen-bond acceptors (Lipinski definition) is 11. The summed E-state index contributed by atoms with van der Waals surface area (Å²) < 4.78 is 6.83.